The van der Waals surface area contributed by atoms with Crippen LogP contribution in [-0.2, 0) is 0 Å². The first-order chi connectivity index (χ1) is 10.0. The largest absolute Gasteiger partial charge is 0.504 e. The van der Waals surface area contributed by atoms with Crippen LogP contribution >= 0.6 is 11.6 Å². The molecule has 0 aliphatic carbocycles. The summed E-state index contributed by atoms with van der Waals surface area (Å²) in [6.07, 6.45) is 1.39. The van der Waals surface area contributed by atoms with Crippen molar-refractivity contribution in [3.63, 3.8) is 0 Å². The second kappa shape index (κ2) is 6.28. The number of rotatable bonds is 4. The van der Waals surface area contributed by atoms with Gasteiger partial charge in [0.1, 0.15) is 0 Å². The van der Waals surface area contributed by atoms with Crippen LogP contribution < -0.4 is 4.74 Å². The van der Waals surface area contributed by atoms with Crippen LogP contribution in [0.25, 0.3) is 0 Å². The molecule has 0 bridgehead atoms. The van der Waals surface area contributed by atoms with Crippen molar-refractivity contribution in [2.45, 2.75) is 0 Å². The number of benzene rings is 2. The highest BCUT2D eigenvalue weighted by atomic mass is 35.5. The number of carboxylic acids is 1. The van der Waals surface area contributed by atoms with Crippen LogP contribution in [0.4, 0.5) is 5.69 Å². The standard InChI is InChI=1S/C15H12ClNO4/c1-21-13-4-2-3-10(14(13)18)8-17-12-7-9(15(19)20)5-6-11(12)16/h2-8,18H,1H3,(H,19,20). The summed E-state index contributed by atoms with van der Waals surface area (Å²) in [5, 5.41) is 19.2. The fraction of sp³-hybridized carbons (Fsp3) is 0.0667. The van der Waals surface area contributed by atoms with Crippen molar-refractivity contribution in [2.75, 3.05) is 7.11 Å². The Morgan fingerprint density at radius 2 is 2.10 bits per heavy atom. The van der Waals surface area contributed by atoms with Crippen LogP contribution in [0.15, 0.2) is 41.4 Å². The SMILES string of the molecule is COc1cccc(C=Nc2cc(C(=O)O)ccc2Cl)c1O. The van der Waals surface area contributed by atoms with Gasteiger partial charge in [-0.25, -0.2) is 4.79 Å². The minimum absolute atomic E-state index is 0.0470. The Labute approximate surface area is 126 Å². The van der Waals surface area contributed by atoms with Crippen molar-refractivity contribution in [1.29, 1.82) is 0 Å². The predicted molar refractivity (Wildman–Crippen MR) is 80.3 cm³/mol. The highest BCUT2D eigenvalue weighted by Crippen LogP contribution is 2.30. The number of aliphatic imine (C=N–C) groups is 1. The summed E-state index contributed by atoms with van der Waals surface area (Å²) >= 11 is 5.97. The van der Waals surface area contributed by atoms with Crippen LogP contribution in [-0.4, -0.2) is 29.5 Å². The first-order valence-corrected chi connectivity index (χ1v) is 6.33. The maximum Gasteiger partial charge on any atom is 0.335 e. The van der Waals surface area contributed by atoms with Gasteiger partial charge in [-0.2, -0.15) is 0 Å². The van der Waals surface area contributed by atoms with E-state index in [1.54, 1.807) is 18.2 Å². The lowest BCUT2D eigenvalue weighted by atomic mass is 10.2. The third-order valence-corrected chi connectivity index (χ3v) is 3.11. The zero-order valence-corrected chi connectivity index (χ0v) is 11.8. The summed E-state index contributed by atoms with van der Waals surface area (Å²) in [4.78, 5) is 15.0. The number of phenolic OH excluding ortho intramolecular Hbond substituents is 1. The highest BCUT2D eigenvalue weighted by molar-refractivity contribution is 6.33. The summed E-state index contributed by atoms with van der Waals surface area (Å²) in [6.45, 7) is 0. The van der Waals surface area contributed by atoms with Crippen LogP contribution in [0.1, 0.15) is 15.9 Å². The van der Waals surface area contributed by atoms with Crippen molar-refractivity contribution in [3.05, 3.63) is 52.5 Å². The van der Waals surface area contributed by atoms with Gasteiger partial charge in [0, 0.05) is 11.8 Å². The van der Waals surface area contributed by atoms with Gasteiger partial charge in [0.05, 0.1) is 23.4 Å². The summed E-state index contributed by atoms with van der Waals surface area (Å²) in [7, 11) is 1.45. The fourth-order valence-corrected chi connectivity index (χ4v) is 1.86. The average Bonchev–Trinajstić information content (AvgIpc) is 2.47. The lowest BCUT2D eigenvalue weighted by Gasteiger charge is -2.05. The normalized spacial score (nSPS) is 10.8. The first kappa shape index (κ1) is 14.9. The van der Waals surface area contributed by atoms with Gasteiger partial charge in [-0.05, 0) is 30.3 Å². The first-order valence-electron chi connectivity index (χ1n) is 5.96. The predicted octanol–water partition coefficient (Wildman–Crippen LogP) is 3.50. The molecule has 2 rings (SSSR count). The Morgan fingerprint density at radius 3 is 2.76 bits per heavy atom. The molecule has 0 radical (unpaired) electrons. The Hall–Kier alpha value is -2.53. The number of aromatic hydroxyl groups is 1. The van der Waals surface area contributed by atoms with E-state index in [1.165, 1.54) is 31.5 Å². The summed E-state index contributed by atoms with van der Waals surface area (Å²) in [5.74, 6) is -0.786. The molecule has 2 aromatic carbocycles. The molecule has 0 spiro atoms. The summed E-state index contributed by atoms with van der Waals surface area (Å²) < 4.78 is 5.00. The van der Waals surface area contributed by atoms with Crippen molar-refractivity contribution in [1.82, 2.24) is 0 Å². The number of halogens is 1. The summed E-state index contributed by atoms with van der Waals surface area (Å²) in [6, 6.07) is 9.18. The molecule has 5 nitrogen and oxygen atoms in total. The zero-order chi connectivity index (χ0) is 15.4. The molecule has 108 valence electrons. The monoisotopic (exact) mass is 305 g/mol. The van der Waals surface area contributed by atoms with Crippen LogP contribution in [0, 0.1) is 0 Å². The minimum Gasteiger partial charge on any atom is -0.504 e. The molecule has 0 atom stereocenters. The molecule has 0 fully saturated rings. The van der Waals surface area contributed by atoms with Gasteiger partial charge >= 0.3 is 5.97 Å². The van der Waals surface area contributed by atoms with E-state index in [4.69, 9.17) is 21.4 Å². The van der Waals surface area contributed by atoms with E-state index in [0.717, 1.165) is 0 Å². The molecule has 0 saturated heterocycles. The molecular formula is C15H12ClNO4. The van der Waals surface area contributed by atoms with Gasteiger partial charge in [-0.3, -0.25) is 4.99 Å². The van der Waals surface area contributed by atoms with Crippen LogP contribution in [0.2, 0.25) is 5.02 Å². The smallest absolute Gasteiger partial charge is 0.335 e. The Balaban J connectivity index is 2.38. The van der Waals surface area contributed by atoms with Crippen LogP contribution in [0.5, 0.6) is 11.5 Å². The van der Waals surface area contributed by atoms with Gasteiger partial charge in [0.15, 0.2) is 11.5 Å². The number of hydrogen-bond acceptors (Lipinski definition) is 4. The number of para-hydroxylation sites is 1. The molecule has 0 unspecified atom stereocenters. The van der Waals surface area contributed by atoms with Gasteiger partial charge in [0.25, 0.3) is 0 Å². The number of carboxylic acid groups (broad SMARTS) is 1. The Bertz CT molecular complexity index is 713. The number of nitrogens with zero attached hydrogens (tertiary/aromatic N) is 1. The number of phenols is 1. The number of methoxy groups -OCH3 is 1. The van der Waals surface area contributed by atoms with E-state index in [1.807, 2.05) is 0 Å². The molecule has 0 amide bonds. The second-order valence-corrected chi connectivity index (χ2v) is 4.53. The zero-order valence-electron chi connectivity index (χ0n) is 11.1. The molecule has 0 heterocycles. The van der Waals surface area contributed by atoms with E-state index in [2.05, 4.69) is 4.99 Å². The van der Waals surface area contributed by atoms with Gasteiger partial charge < -0.3 is 14.9 Å². The maximum atomic E-state index is 10.9. The third-order valence-electron chi connectivity index (χ3n) is 2.79. The maximum absolute atomic E-state index is 10.9. The number of hydrogen-bond donors (Lipinski definition) is 2. The lowest BCUT2D eigenvalue weighted by molar-refractivity contribution is 0.0697. The molecule has 0 saturated carbocycles. The van der Waals surface area contributed by atoms with E-state index in [9.17, 15) is 9.90 Å². The van der Waals surface area contributed by atoms with Crippen molar-refractivity contribution >= 4 is 29.5 Å². The quantitative estimate of drug-likeness (QED) is 0.847. The fourth-order valence-electron chi connectivity index (χ4n) is 1.69. The number of carbonyl (C=O) groups is 1. The van der Waals surface area contributed by atoms with Gasteiger partial charge in [-0.1, -0.05) is 17.7 Å². The second-order valence-electron chi connectivity index (χ2n) is 4.13. The molecule has 6 heteroatoms. The Kier molecular flexibility index (Phi) is 4.45. The van der Waals surface area contributed by atoms with E-state index < -0.39 is 5.97 Å². The lowest BCUT2D eigenvalue weighted by Crippen LogP contribution is -1.95. The third kappa shape index (κ3) is 3.32. The molecule has 2 N–H and O–H groups in total. The van der Waals surface area contributed by atoms with Crippen molar-refractivity contribution < 1.29 is 19.7 Å². The van der Waals surface area contributed by atoms with Gasteiger partial charge in [-0.15, -0.1) is 0 Å². The molecule has 21 heavy (non-hydrogen) atoms. The topological polar surface area (TPSA) is 79.1 Å². The molecule has 2 aromatic rings. The average molecular weight is 306 g/mol. The van der Waals surface area contributed by atoms with E-state index >= 15 is 0 Å². The van der Waals surface area contributed by atoms with Gasteiger partial charge in [0.2, 0.25) is 0 Å². The van der Waals surface area contributed by atoms with Crippen LogP contribution in [0.3, 0.4) is 0 Å². The number of ether oxygens (including phenoxy) is 1. The summed E-state index contributed by atoms with van der Waals surface area (Å²) in [5.41, 5.74) is 0.825. The molecule has 0 aliphatic rings. The minimum atomic E-state index is -1.06. The van der Waals surface area contributed by atoms with Crippen molar-refractivity contribution in [2.24, 2.45) is 4.99 Å². The van der Waals surface area contributed by atoms with Crippen molar-refractivity contribution in [3.8, 4) is 11.5 Å². The number of aromatic carboxylic acids is 1. The van der Waals surface area contributed by atoms with E-state index in [-0.39, 0.29) is 11.3 Å². The molecular weight excluding hydrogens is 294 g/mol. The Morgan fingerprint density at radius 1 is 1.33 bits per heavy atom. The highest BCUT2D eigenvalue weighted by Gasteiger charge is 2.08. The molecule has 0 aliphatic heterocycles. The van der Waals surface area contributed by atoms with E-state index in [0.29, 0.717) is 22.0 Å². The molecule has 0 aromatic heterocycles.